The predicted octanol–water partition coefficient (Wildman–Crippen LogP) is 10.4. The van der Waals surface area contributed by atoms with Gasteiger partial charge in [0.25, 0.3) is 0 Å². The summed E-state index contributed by atoms with van der Waals surface area (Å²) < 4.78 is 4.45. The zero-order valence-corrected chi connectivity index (χ0v) is 26.6. The number of nitrogens with zero attached hydrogens (tertiary/aromatic N) is 5. The van der Waals surface area contributed by atoms with E-state index in [1.165, 1.54) is 0 Å². The second-order valence-corrected chi connectivity index (χ2v) is 12.2. The molecule has 226 valence electrons. The summed E-state index contributed by atoms with van der Waals surface area (Å²) in [6, 6.07) is 41.7. The van der Waals surface area contributed by atoms with Gasteiger partial charge < -0.3 is 9.13 Å². The molecule has 8 rings (SSSR count). The molecule has 0 N–H and O–H groups in total. The first-order valence-electron chi connectivity index (χ1n) is 16.0. The number of allylic oxidation sites excluding steroid dienone is 4. The number of rotatable bonds is 4. The first-order chi connectivity index (χ1) is 23.5. The molecule has 1 aliphatic carbocycles. The van der Waals surface area contributed by atoms with Crippen LogP contribution in [-0.2, 0) is 0 Å². The summed E-state index contributed by atoms with van der Waals surface area (Å²) in [5.41, 5.74) is 13.0. The van der Waals surface area contributed by atoms with Gasteiger partial charge in [-0.3, -0.25) is 0 Å². The number of fused-ring (bicyclic) bond motifs is 4. The van der Waals surface area contributed by atoms with Crippen LogP contribution in [0, 0.1) is 47.8 Å². The van der Waals surface area contributed by atoms with E-state index >= 15 is 0 Å². The number of hydrogen-bond donors (Lipinski definition) is 0. The number of aryl methyl sites for hydroxylation is 1. The Kier molecular flexibility index (Phi) is 6.80. The summed E-state index contributed by atoms with van der Waals surface area (Å²) in [6.07, 6.45) is 6.11. The third kappa shape index (κ3) is 4.29. The smallest absolute Gasteiger partial charge is 0.101 e. The van der Waals surface area contributed by atoms with E-state index in [1.54, 1.807) is 0 Å². The summed E-state index contributed by atoms with van der Waals surface area (Å²) in [7, 11) is 0. The largest absolute Gasteiger partial charge is 0.314 e. The Balaban J connectivity index is 1.34. The Morgan fingerprint density at radius 1 is 0.604 bits per heavy atom. The molecule has 0 saturated carbocycles. The van der Waals surface area contributed by atoms with Crippen LogP contribution >= 0.6 is 0 Å². The molecule has 0 fully saturated rings. The lowest BCUT2D eigenvalue weighted by molar-refractivity contribution is 0.983. The number of para-hydroxylation sites is 2. The topological polar surface area (TPSA) is 81.2 Å². The van der Waals surface area contributed by atoms with Gasteiger partial charge in [0.1, 0.15) is 6.07 Å². The first-order valence-corrected chi connectivity index (χ1v) is 16.0. The molecule has 5 nitrogen and oxygen atoms in total. The highest BCUT2D eigenvalue weighted by Crippen LogP contribution is 2.42. The van der Waals surface area contributed by atoms with E-state index < -0.39 is 0 Å². The van der Waals surface area contributed by atoms with Crippen LogP contribution < -0.4 is 0 Å². The second kappa shape index (κ2) is 11.3. The lowest BCUT2D eigenvalue weighted by Gasteiger charge is -2.22. The highest BCUT2D eigenvalue weighted by atomic mass is 15.0. The van der Waals surface area contributed by atoms with E-state index in [0.29, 0.717) is 16.7 Å². The van der Waals surface area contributed by atoms with Gasteiger partial charge in [-0.15, -0.1) is 0 Å². The minimum absolute atomic E-state index is 0.582. The van der Waals surface area contributed by atoms with Crippen LogP contribution in [0.3, 0.4) is 0 Å². The maximum Gasteiger partial charge on any atom is 0.101 e. The third-order valence-electron chi connectivity index (χ3n) is 9.77. The van der Waals surface area contributed by atoms with Gasteiger partial charge in [0, 0.05) is 44.4 Å². The Morgan fingerprint density at radius 3 is 2.17 bits per heavy atom. The number of aromatic nitrogens is 2. The molecular weight excluding hydrogens is 587 g/mol. The third-order valence-corrected chi connectivity index (χ3v) is 9.77. The Labute approximate surface area is 278 Å². The fraction of sp³-hybridized carbons (Fsp3) is 0.0930. The van der Waals surface area contributed by atoms with Crippen LogP contribution in [-0.4, -0.2) is 9.13 Å². The molecule has 5 heteroatoms. The summed E-state index contributed by atoms with van der Waals surface area (Å²) in [4.78, 5) is 0. The van der Waals surface area contributed by atoms with E-state index in [0.717, 1.165) is 90.5 Å². The molecule has 0 spiro atoms. The molecule has 0 radical (unpaired) electrons. The standard InChI is InChI=1S/C43H29N5/c1-27-28(2)47(42-21-18-29(24-44)22-39(27)42)32-19-20-33(31(23-32)26-46)34-11-3-4-12-35(34)36-13-5-7-16-40(36)48-41-17-8-6-14-37(41)38-15-9-10-30(25-45)43(38)48/h3-6,8-15,17-23H,7,16H2,1-2H3. The van der Waals surface area contributed by atoms with Gasteiger partial charge in [-0.1, -0.05) is 72.8 Å². The molecule has 5 aromatic carbocycles. The van der Waals surface area contributed by atoms with Crippen LogP contribution in [0.15, 0.2) is 115 Å². The van der Waals surface area contributed by atoms with E-state index in [4.69, 9.17) is 0 Å². The lowest BCUT2D eigenvalue weighted by Crippen LogP contribution is -2.05. The van der Waals surface area contributed by atoms with Crippen LogP contribution in [0.2, 0.25) is 0 Å². The molecular formula is C43H29N5. The van der Waals surface area contributed by atoms with Crippen LogP contribution in [0.4, 0.5) is 0 Å². The molecule has 7 aromatic rings. The van der Waals surface area contributed by atoms with E-state index in [2.05, 4.69) is 102 Å². The Hall–Kier alpha value is -6.61. The molecule has 0 amide bonds. The highest BCUT2D eigenvalue weighted by Gasteiger charge is 2.23. The minimum Gasteiger partial charge on any atom is -0.314 e. The van der Waals surface area contributed by atoms with Crippen molar-refractivity contribution in [3.8, 4) is 35.0 Å². The maximum atomic E-state index is 10.5. The molecule has 0 saturated heterocycles. The van der Waals surface area contributed by atoms with Crippen molar-refractivity contribution in [2.75, 3.05) is 0 Å². The molecule has 1 aliphatic rings. The normalized spacial score (nSPS) is 12.8. The Bertz CT molecular complexity index is 2670. The van der Waals surface area contributed by atoms with Crippen molar-refractivity contribution in [2.45, 2.75) is 26.7 Å². The van der Waals surface area contributed by atoms with Gasteiger partial charge in [0.2, 0.25) is 0 Å². The summed E-state index contributed by atoms with van der Waals surface area (Å²) in [5.74, 6) is 0. The molecule has 2 aromatic heterocycles. The summed E-state index contributed by atoms with van der Waals surface area (Å²) >= 11 is 0. The molecule has 0 aliphatic heterocycles. The van der Waals surface area contributed by atoms with E-state index in [1.807, 2.05) is 54.6 Å². The summed E-state index contributed by atoms with van der Waals surface area (Å²) in [5, 5.41) is 33.4. The second-order valence-electron chi connectivity index (χ2n) is 12.2. The molecule has 0 atom stereocenters. The summed E-state index contributed by atoms with van der Waals surface area (Å²) in [6.45, 7) is 4.15. The zero-order valence-electron chi connectivity index (χ0n) is 26.6. The van der Waals surface area contributed by atoms with Gasteiger partial charge in [0.15, 0.2) is 0 Å². The average Bonchev–Trinajstić information content (AvgIpc) is 3.61. The van der Waals surface area contributed by atoms with Crippen LogP contribution in [0.25, 0.3) is 60.8 Å². The predicted molar refractivity (Wildman–Crippen MR) is 193 cm³/mol. The molecule has 0 bridgehead atoms. The van der Waals surface area contributed by atoms with Crippen molar-refractivity contribution >= 4 is 44.0 Å². The maximum absolute atomic E-state index is 10.5. The van der Waals surface area contributed by atoms with E-state index in [9.17, 15) is 15.8 Å². The quantitative estimate of drug-likeness (QED) is 0.198. The zero-order chi connectivity index (χ0) is 32.9. The fourth-order valence-electron chi connectivity index (χ4n) is 7.45. The van der Waals surface area contributed by atoms with E-state index in [-0.39, 0.29) is 0 Å². The lowest BCUT2D eigenvalue weighted by atomic mass is 9.88. The SMILES string of the molecule is Cc1c(C)n(-c2ccc(-c3ccccc3C3=C(n4c5ccccc5c5cccc(C#N)c54)CCC=C3)c(C#N)c2)c2ccc(C#N)cc12. The van der Waals surface area contributed by atoms with Gasteiger partial charge in [0.05, 0.1) is 45.4 Å². The van der Waals surface area contributed by atoms with Gasteiger partial charge in [-0.05, 0) is 85.8 Å². The average molecular weight is 616 g/mol. The first kappa shape index (κ1) is 28.8. The molecule has 48 heavy (non-hydrogen) atoms. The van der Waals surface area contributed by atoms with Crippen molar-refractivity contribution in [1.29, 1.82) is 15.8 Å². The van der Waals surface area contributed by atoms with Crippen LogP contribution in [0.1, 0.15) is 46.4 Å². The van der Waals surface area contributed by atoms with Crippen molar-refractivity contribution < 1.29 is 0 Å². The monoisotopic (exact) mass is 615 g/mol. The van der Waals surface area contributed by atoms with Crippen LogP contribution in [0.5, 0.6) is 0 Å². The van der Waals surface area contributed by atoms with Crippen molar-refractivity contribution in [1.82, 2.24) is 9.13 Å². The van der Waals surface area contributed by atoms with Gasteiger partial charge in [-0.2, -0.15) is 15.8 Å². The minimum atomic E-state index is 0.582. The van der Waals surface area contributed by atoms with Gasteiger partial charge in [-0.25, -0.2) is 0 Å². The number of nitriles is 3. The van der Waals surface area contributed by atoms with Gasteiger partial charge >= 0.3 is 0 Å². The van der Waals surface area contributed by atoms with Crippen molar-refractivity contribution in [3.63, 3.8) is 0 Å². The Morgan fingerprint density at radius 2 is 1.35 bits per heavy atom. The van der Waals surface area contributed by atoms with Crippen molar-refractivity contribution in [3.05, 3.63) is 149 Å². The number of hydrogen-bond acceptors (Lipinski definition) is 3. The number of benzene rings is 5. The highest BCUT2D eigenvalue weighted by molar-refractivity contribution is 6.13. The fourth-order valence-corrected chi connectivity index (χ4v) is 7.45. The molecule has 0 unspecified atom stereocenters. The molecule has 2 heterocycles. The van der Waals surface area contributed by atoms with Crippen molar-refractivity contribution in [2.24, 2.45) is 0 Å².